The highest BCUT2D eigenvalue weighted by molar-refractivity contribution is 5.76. The Morgan fingerprint density at radius 2 is 1.30 bits per heavy atom. The molecule has 0 saturated carbocycles. The first-order valence-corrected chi connectivity index (χ1v) is 9.40. The molecule has 0 fully saturated rings. The van der Waals surface area contributed by atoms with Gasteiger partial charge < -0.3 is 20.1 Å². The molecule has 0 aliphatic rings. The van der Waals surface area contributed by atoms with E-state index in [2.05, 4.69) is 0 Å². The number of nitrogens with two attached hydrogens (primary N) is 1. The number of hydrogen-bond donors (Lipinski definition) is 1. The number of ether oxygens (including phenoxy) is 2. The van der Waals surface area contributed by atoms with Crippen LogP contribution in [-0.2, 0) is 17.9 Å². The lowest BCUT2D eigenvalue weighted by Gasteiger charge is -2.23. The van der Waals surface area contributed by atoms with Gasteiger partial charge in [0.1, 0.15) is 11.5 Å². The van der Waals surface area contributed by atoms with Gasteiger partial charge in [0.2, 0.25) is 5.91 Å². The van der Waals surface area contributed by atoms with Crippen molar-refractivity contribution in [1.29, 1.82) is 0 Å². The van der Waals surface area contributed by atoms with Crippen molar-refractivity contribution < 1.29 is 14.3 Å². The first-order valence-electron chi connectivity index (χ1n) is 9.40. The fraction of sp³-hybridized carbons (Fsp3) is 0.409. The third kappa shape index (κ3) is 6.94. The maximum atomic E-state index is 12.8. The molecule has 27 heavy (non-hydrogen) atoms. The molecule has 146 valence electrons. The summed E-state index contributed by atoms with van der Waals surface area (Å²) >= 11 is 0. The molecule has 2 aromatic carbocycles. The zero-order chi connectivity index (χ0) is 19.5. The summed E-state index contributed by atoms with van der Waals surface area (Å²) in [5.41, 5.74) is 7.71. The van der Waals surface area contributed by atoms with E-state index in [4.69, 9.17) is 15.2 Å². The van der Waals surface area contributed by atoms with Crippen LogP contribution < -0.4 is 15.2 Å². The number of nitrogens with zero attached hydrogens (tertiary/aromatic N) is 1. The van der Waals surface area contributed by atoms with Crippen LogP contribution in [0, 0.1) is 0 Å². The highest BCUT2D eigenvalue weighted by Gasteiger charge is 2.15. The first-order chi connectivity index (χ1) is 13.2. The number of methoxy groups -OCH3 is 2. The normalized spacial score (nSPS) is 10.5. The van der Waals surface area contributed by atoms with Crippen LogP contribution in [0.1, 0.15) is 36.8 Å². The van der Waals surface area contributed by atoms with Gasteiger partial charge in [0, 0.05) is 19.5 Å². The van der Waals surface area contributed by atoms with Crippen LogP contribution >= 0.6 is 0 Å². The molecule has 0 spiro atoms. The average molecular weight is 370 g/mol. The van der Waals surface area contributed by atoms with Crippen molar-refractivity contribution >= 4 is 5.91 Å². The summed E-state index contributed by atoms with van der Waals surface area (Å²) < 4.78 is 10.4. The Morgan fingerprint density at radius 3 is 1.70 bits per heavy atom. The molecule has 0 atom stereocenters. The number of carbonyl (C=O) groups is 1. The van der Waals surface area contributed by atoms with Gasteiger partial charge >= 0.3 is 0 Å². The maximum Gasteiger partial charge on any atom is 0.223 e. The van der Waals surface area contributed by atoms with E-state index in [1.165, 1.54) is 0 Å². The Kier molecular flexibility index (Phi) is 8.65. The highest BCUT2D eigenvalue weighted by Crippen LogP contribution is 2.18. The van der Waals surface area contributed by atoms with Crippen LogP contribution in [0.3, 0.4) is 0 Å². The van der Waals surface area contributed by atoms with Gasteiger partial charge in [-0.3, -0.25) is 4.79 Å². The average Bonchev–Trinajstić information content (AvgIpc) is 2.71. The molecule has 0 aromatic heterocycles. The minimum atomic E-state index is 0.165. The summed E-state index contributed by atoms with van der Waals surface area (Å²) in [4.78, 5) is 14.7. The molecular formula is C22H30N2O3. The largest absolute Gasteiger partial charge is 0.497 e. The maximum absolute atomic E-state index is 12.8. The fourth-order valence-corrected chi connectivity index (χ4v) is 2.89. The monoisotopic (exact) mass is 370 g/mol. The number of amides is 1. The van der Waals surface area contributed by atoms with Crippen LogP contribution in [0.4, 0.5) is 0 Å². The van der Waals surface area contributed by atoms with E-state index in [0.717, 1.165) is 41.9 Å². The summed E-state index contributed by atoms with van der Waals surface area (Å²) in [6, 6.07) is 15.7. The Bertz CT molecular complexity index is 634. The lowest BCUT2D eigenvalue weighted by Crippen LogP contribution is -2.30. The summed E-state index contributed by atoms with van der Waals surface area (Å²) in [6.45, 7) is 1.83. The predicted molar refractivity (Wildman–Crippen MR) is 108 cm³/mol. The van der Waals surface area contributed by atoms with Crippen LogP contribution in [0.2, 0.25) is 0 Å². The molecule has 0 radical (unpaired) electrons. The predicted octanol–water partition coefficient (Wildman–Crippen LogP) is 3.75. The second-order valence-electron chi connectivity index (χ2n) is 6.55. The number of benzene rings is 2. The molecule has 0 aliphatic heterocycles. The van der Waals surface area contributed by atoms with Crippen LogP contribution in [0.15, 0.2) is 48.5 Å². The minimum Gasteiger partial charge on any atom is -0.497 e. The number of carbonyl (C=O) groups excluding carboxylic acids is 1. The third-order valence-corrected chi connectivity index (χ3v) is 4.51. The summed E-state index contributed by atoms with van der Waals surface area (Å²) in [5.74, 6) is 1.79. The first kappa shape index (κ1) is 20.8. The molecular weight excluding hydrogens is 340 g/mol. The zero-order valence-corrected chi connectivity index (χ0v) is 16.3. The molecule has 5 nitrogen and oxygen atoms in total. The highest BCUT2D eigenvalue weighted by atomic mass is 16.5. The van der Waals surface area contributed by atoms with Gasteiger partial charge in [-0.2, -0.15) is 0 Å². The second kappa shape index (κ2) is 11.2. The summed E-state index contributed by atoms with van der Waals surface area (Å²) in [6.07, 6.45) is 3.37. The molecule has 0 heterocycles. The van der Waals surface area contributed by atoms with Crippen molar-refractivity contribution in [2.75, 3.05) is 20.8 Å². The van der Waals surface area contributed by atoms with E-state index < -0.39 is 0 Å². The molecule has 2 aromatic rings. The molecule has 2 rings (SSSR count). The van der Waals surface area contributed by atoms with Gasteiger partial charge in [0.15, 0.2) is 0 Å². The van der Waals surface area contributed by atoms with E-state index >= 15 is 0 Å². The van der Waals surface area contributed by atoms with Crippen molar-refractivity contribution in [1.82, 2.24) is 4.90 Å². The molecule has 0 unspecified atom stereocenters. The van der Waals surface area contributed by atoms with Crippen LogP contribution in [0.5, 0.6) is 11.5 Å². The van der Waals surface area contributed by atoms with Gasteiger partial charge in [-0.1, -0.05) is 30.7 Å². The van der Waals surface area contributed by atoms with Gasteiger partial charge in [-0.05, 0) is 54.8 Å². The Labute approximate surface area is 162 Å². The number of rotatable bonds is 11. The Balaban J connectivity index is 2.06. The Hall–Kier alpha value is -2.53. The smallest absolute Gasteiger partial charge is 0.223 e. The van der Waals surface area contributed by atoms with Crippen molar-refractivity contribution in [3.05, 3.63) is 59.7 Å². The molecule has 1 amide bonds. The van der Waals surface area contributed by atoms with E-state index in [1.807, 2.05) is 53.4 Å². The van der Waals surface area contributed by atoms with E-state index in [1.54, 1.807) is 14.2 Å². The molecule has 0 saturated heterocycles. The lowest BCUT2D eigenvalue weighted by molar-refractivity contribution is -0.132. The van der Waals surface area contributed by atoms with Crippen LogP contribution in [0.25, 0.3) is 0 Å². The molecule has 0 bridgehead atoms. The quantitative estimate of drug-likeness (QED) is 0.612. The van der Waals surface area contributed by atoms with Gasteiger partial charge in [-0.15, -0.1) is 0 Å². The van der Waals surface area contributed by atoms with E-state index in [9.17, 15) is 4.79 Å². The standard InChI is InChI=1S/C22H30N2O3/c1-26-20-11-7-18(8-12-20)16-24(22(25)6-4-3-5-15-23)17-19-9-13-21(27-2)14-10-19/h7-14H,3-6,15-17,23H2,1-2H3. The molecule has 0 aliphatic carbocycles. The number of hydrogen-bond acceptors (Lipinski definition) is 4. The van der Waals surface area contributed by atoms with Crippen molar-refractivity contribution in [3.8, 4) is 11.5 Å². The topological polar surface area (TPSA) is 64.8 Å². The van der Waals surface area contributed by atoms with Crippen LogP contribution in [-0.4, -0.2) is 31.6 Å². The Morgan fingerprint density at radius 1 is 0.815 bits per heavy atom. The third-order valence-electron chi connectivity index (χ3n) is 4.51. The van der Waals surface area contributed by atoms with Gasteiger partial charge in [0.05, 0.1) is 14.2 Å². The van der Waals surface area contributed by atoms with Gasteiger partial charge in [-0.25, -0.2) is 0 Å². The summed E-state index contributed by atoms with van der Waals surface area (Å²) in [7, 11) is 3.30. The summed E-state index contributed by atoms with van der Waals surface area (Å²) in [5, 5.41) is 0. The SMILES string of the molecule is COc1ccc(CN(Cc2ccc(OC)cc2)C(=O)CCCCCN)cc1. The minimum absolute atomic E-state index is 0.165. The van der Waals surface area contributed by atoms with Crippen molar-refractivity contribution in [2.24, 2.45) is 5.73 Å². The van der Waals surface area contributed by atoms with Crippen molar-refractivity contribution in [3.63, 3.8) is 0 Å². The number of unbranched alkanes of at least 4 members (excludes halogenated alkanes) is 2. The molecule has 5 heteroatoms. The molecule has 2 N–H and O–H groups in total. The van der Waals surface area contributed by atoms with Gasteiger partial charge in [0.25, 0.3) is 0 Å². The zero-order valence-electron chi connectivity index (χ0n) is 16.3. The van der Waals surface area contributed by atoms with Crippen molar-refractivity contribution in [2.45, 2.75) is 38.8 Å². The second-order valence-corrected chi connectivity index (χ2v) is 6.55. The lowest BCUT2D eigenvalue weighted by atomic mass is 10.1. The fourth-order valence-electron chi connectivity index (χ4n) is 2.89. The van der Waals surface area contributed by atoms with E-state index in [0.29, 0.717) is 26.1 Å². The van der Waals surface area contributed by atoms with E-state index in [-0.39, 0.29) is 5.91 Å².